The van der Waals surface area contributed by atoms with Crippen LogP contribution in [-0.4, -0.2) is 242 Å². The molecule has 5 N–H and O–H groups in total. The second kappa shape index (κ2) is 35.4. The molecule has 1 unspecified atom stereocenters. The second-order valence-electron chi connectivity index (χ2n) is 29.3. The summed E-state index contributed by atoms with van der Waals surface area (Å²) in [6.45, 7) is 21.8. The molecule has 0 bridgehead atoms. The van der Waals surface area contributed by atoms with Gasteiger partial charge in [0.2, 0.25) is 0 Å². The van der Waals surface area contributed by atoms with Gasteiger partial charge in [0.25, 0.3) is 5.91 Å². The summed E-state index contributed by atoms with van der Waals surface area (Å²) < 4.78 is 89.2. The standard InChI is InChI=1S/C19H24ClN5O2S.C19H26N6O3S.C19H26N6O2S.C17H24N6O2S/c1-12-8-14(9-16(20)21-12)19-22-17(24-28(3,26)15-4-5-15)10-18(23-19)25-6-7-27-11-13(25)2;1-12-8-14(9-15(21-12)19(26)20-3)18-22-16(24-29(4,5)27)10-17(23-18)25-6-7-28-11-13(25)2;1-12-11-27-7-6-25(12)18-10-17(24-28(2,3)26)22-19(23-18)14-8-15(13-4-5-13)21-16(20)9-14;1-11-7-13(8-14(18)19-11)17-20-15(22-26(3,4)24)9-16(21-17)23-5-6-25-10-12(23)2/h8-10,13,15H,4-7,11H2,1-3H3;8-10,13H,6-7,11H2,1-5H3,(H,20,26);8-10,12-13H,4-7,11H2,1-3H3,(H2,20,21);7-9,12H,5-6,10H2,1-4H3,(H2,18,19)/t13-,28?;13-;2*12-/m1111/s1. The molecular formula is C74H100ClN23O9S4. The van der Waals surface area contributed by atoms with E-state index < -0.39 is 38.9 Å². The Kier molecular flexibility index (Phi) is 26.5. The fourth-order valence-electron chi connectivity index (χ4n) is 12.6. The maximum atomic E-state index is 12.9. The number of halogens is 1. The molecule has 0 spiro atoms. The average molecular weight is 1620 g/mol. The van der Waals surface area contributed by atoms with Gasteiger partial charge in [-0.2, -0.15) is 17.5 Å². The summed E-state index contributed by atoms with van der Waals surface area (Å²) in [6, 6.07) is 22.3. The Bertz CT molecular complexity index is 5250. The van der Waals surface area contributed by atoms with Gasteiger partial charge in [-0.25, -0.2) is 76.6 Å². The number of nitrogen functional groups attached to an aromatic ring is 2. The van der Waals surface area contributed by atoms with Crippen molar-refractivity contribution in [2.24, 2.45) is 17.5 Å². The average Bonchev–Trinajstić information content (AvgIpc) is 1.71. The molecule has 0 aromatic carbocycles. The van der Waals surface area contributed by atoms with Crippen LogP contribution in [0.2, 0.25) is 5.15 Å². The van der Waals surface area contributed by atoms with Crippen LogP contribution in [0.1, 0.15) is 92.6 Å². The first-order valence-electron chi connectivity index (χ1n) is 36.5. The van der Waals surface area contributed by atoms with E-state index in [1.165, 1.54) is 0 Å². The molecule has 0 radical (unpaired) electrons. The van der Waals surface area contributed by atoms with Crippen molar-refractivity contribution < 1.29 is 40.6 Å². The number of pyridine rings is 4. The van der Waals surface area contributed by atoms with Crippen LogP contribution in [0, 0.1) is 20.8 Å². The largest absolute Gasteiger partial charge is 0.384 e. The van der Waals surface area contributed by atoms with E-state index in [0.29, 0.717) is 146 Å². The van der Waals surface area contributed by atoms with Gasteiger partial charge in [-0.15, -0.1) is 0 Å². The molecule has 37 heteroatoms. The van der Waals surface area contributed by atoms with Crippen molar-refractivity contribution in [2.75, 3.05) is 161 Å². The van der Waals surface area contributed by atoms with Gasteiger partial charge in [-0.1, -0.05) is 11.6 Å². The van der Waals surface area contributed by atoms with Crippen LogP contribution >= 0.6 is 11.6 Å². The van der Waals surface area contributed by atoms with Crippen LogP contribution in [0.25, 0.3) is 45.6 Å². The lowest BCUT2D eigenvalue weighted by atomic mass is 10.1. The van der Waals surface area contributed by atoms with Gasteiger partial charge in [0, 0.05) is 187 Å². The Labute approximate surface area is 656 Å². The Hall–Kier alpha value is -8.88. The number of morpholine rings is 4. The second-order valence-corrected chi connectivity index (χ2v) is 39.8. The van der Waals surface area contributed by atoms with E-state index in [0.717, 1.165) is 96.5 Å². The third-order valence-corrected chi connectivity index (χ3v) is 22.3. The number of aryl methyl sites for hydroxylation is 3. The van der Waals surface area contributed by atoms with E-state index in [1.807, 2.05) is 44.2 Å². The van der Waals surface area contributed by atoms with Crippen LogP contribution in [0.15, 0.2) is 90.2 Å². The van der Waals surface area contributed by atoms with E-state index in [2.05, 4.69) is 110 Å². The number of hydrogen-bond donors (Lipinski definition) is 3. The van der Waals surface area contributed by atoms with Crippen LogP contribution in [-0.2, 0) is 57.9 Å². The van der Waals surface area contributed by atoms with Crippen molar-refractivity contribution in [1.29, 1.82) is 0 Å². The van der Waals surface area contributed by atoms with Crippen molar-refractivity contribution in [2.45, 2.75) is 109 Å². The molecule has 32 nitrogen and oxygen atoms in total. The van der Waals surface area contributed by atoms with Crippen molar-refractivity contribution in [3.05, 3.63) is 106 Å². The lowest BCUT2D eigenvalue weighted by Gasteiger charge is -2.34. The van der Waals surface area contributed by atoms with Crippen LogP contribution < -0.4 is 36.4 Å². The zero-order valence-corrected chi connectivity index (χ0v) is 69.5. The molecule has 12 heterocycles. The summed E-state index contributed by atoms with van der Waals surface area (Å²) in [7, 11) is -7.87. The van der Waals surface area contributed by atoms with Crippen molar-refractivity contribution >= 4 is 115 Å². The van der Waals surface area contributed by atoms with E-state index in [-0.39, 0.29) is 41.0 Å². The quantitative estimate of drug-likeness (QED) is 0.0803. The molecule has 1 amide bonds. The maximum absolute atomic E-state index is 12.9. The fraction of sp³-hybridized carbons (Fsp3) is 0.500. The minimum atomic E-state index is -2.41. The minimum absolute atomic E-state index is 0.132. The van der Waals surface area contributed by atoms with Crippen molar-refractivity contribution in [1.82, 2.24) is 65.1 Å². The third-order valence-electron chi connectivity index (χ3n) is 18.0. The molecule has 6 aliphatic rings. The fourth-order valence-corrected chi connectivity index (χ4v) is 16.1. The van der Waals surface area contributed by atoms with E-state index >= 15 is 0 Å². The number of hydrogen-bond acceptors (Lipinski definition) is 31. The highest BCUT2D eigenvalue weighted by molar-refractivity contribution is 7.94. The van der Waals surface area contributed by atoms with E-state index in [1.54, 1.807) is 100 Å². The van der Waals surface area contributed by atoms with Crippen LogP contribution in [0.5, 0.6) is 0 Å². The van der Waals surface area contributed by atoms with Gasteiger partial charge in [0.05, 0.1) is 86.8 Å². The molecule has 6 fully saturated rings. The van der Waals surface area contributed by atoms with Gasteiger partial charge in [-0.3, -0.25) is 4.79 Å². The predicted octanol–water partition coefficient (Wildman–Crippen LogP) is 10.0. The van der Waals surface area contributed by atoms with Gasteiger partial charge < -0.3 is 55.3 Å². The summed E-state index contributed by atoms with van der Waals surface area (Å²) in [4.78, 5) is 75.0. The molecule has 5 atom stereocenters. The topological polar surface area (TPSA) is 403 Å². The van der Waals surface area contributed by atoms with Crippen molar-refractivity contribution in [3.8, 4) is 45.6 Å². The summed E-state index contributed by atoms with van der Waals surface area (Å²) in [5.74, 6) is 7.50. The van der Waals surface area contributed by atoms with Crippen LogP contribution in [0.3, 0.4) is 0 Å². The molecule has 2 aliphatic carbocycles. The highest BCUT2D eigenvalue weighted by Crippen LogP contribution is 2.41. The minimum Gasteiger partial charge on any atom is -0.384 e. The molecule has 4 aliphatic heterocycles. The van der Waals surface area contributed by atoms with Gasteiger partial charge in [0.15, 0.2) is 46.6 Å². The van der Waals surface area contributed by atoms with E-state index in [4.69, 9.17) is 62.0 Å². The predicted molar refractivity (Wildman–Crippen MR) is 440 cm³/mol. The summed E-state index contributed by atoms with van der Waals surface area (Å²) >= 11 is 6.14. The highest BCUT2D eigenvalue weighted by atomic mass is 35.5. The smallest absolute Gasteiger partial charge is 0.269 e. The maximum Gasteiger partial charge on any atom is 0.269 e. The molecule has 8 aromatic rings. The first kappa shape index (κ1) is 83.1. The number of carbonyl (C=O) groups is 1. The summed E-state index contributed by atoms with van der Waals surface area (Å²) in [5, 5.41) is 3.13. The van der Waals surface area contributed by atoms with Gasteiger partial charge in [-0.05, 0) is 123 Å². The number of nitrogens with two attached hydrogens (primary N) is 2. The lowest BCUT2D eigenvalue weighted by molar-refractivity contribution is 0.0957. The van der Waals surface area contributed by atoms with E-state index in [9.17, 15) is 21.6 Å². The molecular weight excluding hydrogens is 1520 g/mol. The van der Waals surface area contributed by atoms with Gasteiger partial charge in [0.1, 0.15) is 45.8 Å². The number of nitrogens with one attached hydrogen (secondary N) is 1. The molecule has 14 rings (SSSR count). The molecule has 4 saturated heterocycles. The Morgan fingerprint density at radius 1 is 0.432 bits per heavy atom. The summed E-state index contributed by atoms with van der Waals surface area (Å²) in [6.07, 6.45) is 15.4. The zero-order chi connectivity index (χ0) is 79.9. The van der Waals surface area contributed by atoms with Crippen molar-refractivity contribution in [3.63, 3.8) is 0 Å². The lowest BCUT2D eigenvalue weighted by Crippen LogP contribution is -2.44. The number of ether oxygens (including phenoxy) is 4. The molecule has 8 aromatic heterocycles. The monoisotopic (exact) mass is 1620 g/mol. The first-order chi connectivity index (χ1) is 52.5. The zero-order valence-electron chi connectivity index (χ0n) is 65.5. The highest BCUT2D eigenvalue weighted by Gasteiger charge is 2.33. The number of rotatable bonds is 15. The third kappa shape index (κ3) is 23.6. The Balaban J connectivity index is 0.000000147. The van der Waals surface area contributed by atoms with Gasteiger partial charge >= 0.3 is 0 Å². The summed E-state index contributed by atoms with van der Waals surface area (Å²) in [5.41, 5.74) is 18.4. The number of nitrogens with zero attached hydrogens (tertiary/aromatic N) is 20. The SMILES string of the molecule is CNC(=O)c1cc(-c2nc(N=S(C)(C)=O)cc(N3CCOC[C@H]3C)n2)cc(C)n1.C[C@@H]1COCCN1c1cc(N=S(C)(C)=O)nc(-c2cc(N)nc(C3CC3)c2)n1.Cc1cc(-c2nc(N=S(C)(=O)C3CC3)cc(N3CCOC[C@H]3C)n2)cc(Cl)n1.Cc1cc(-c2nc(N=S(C)(C)=O)cc(N3CCOC[C@H]3C)n2)cc(N)n1. The number of aromatic nitrogens is 12. The normalized spacial score (nSPS) is 19.4. The molecule has 2 saturated carbocycles. The Morgan fingerprint density at radius 3 is 1.10 bits per heavy atom. The van der Waals surface area contributed by atoms with Crippen LogP contribution in [0.4, 0.5) is 58.2 Å². The number of carbonyl (C=O) groups excluding carboxylic acids is 1. The number of anilines is 6. The molecule has 111 heavy (non-hydrogen) atoms. The molecule has 596 valence electrons. The Morgan fingerprint density at radius 2 is 0.766 bits per heavy atom. The number of amides is 1. The first-order valence-corrected chi connectivity index (χ1v) is 45.9.